The maximum Gasteiger partial charge on any atom is 0.339 e. The number of benzene rings is 2. The molecule has 0 aliphatic rings. The van der Waals surface area contributed by atoms with Crippen molar-refractivity contribution in [1.29, 1.82) is 0 Å². The zero-order valence-electron chi connectivity index (χ0n) is 9.60. The third-order valence-corrected chi connectivity index (χ3v) is 2.83. The van der Waals surface area contributed by atoms with Gasteiger partial charge in [0.15, 0.2) is 0 Å². The van der Waals surface area contributed by atoms with Gasteiger partial charge in [0, 0.05) is 10.6 Å². The molecule has 0 aromatic heterocycles. The Morgan fingerprint density at radius 3 is 2.67 bits per heavy atom. The summed E-state index contributed by atoms with van der Waals surface area (Å²) in [7, 11) is 0. The number of esters is 1. The number of ether oxygens (including phenoxy) is 1. The van der Waals surface area contributed by atoms with Crippen LogP contribution >= 0.6 is 11.6 Å². The van der Waals surface area contributed by atoms with Gasteiger partial charge in [-0.2, -0.15) is 0 Å². The number of hydrogen-bond acceptors (Lipinski definition) is 3. The predicted molar refractivity (Wildman–Crippen MR) is 71.4 cm³/mol. The Balaban J connectivity index is 2.39. The lowest BCUT2D eigenvalue weighted by atomic mass is 10.0. The molecule has 3 nitrogen and oxygen atoms in total. The van der Waals surface area contributed by atoms with E-state index in [1.165, 1.54) is 0 Å². The van der Waals surface area contributed by atoms with E-state index >= 15 is 0 Å². The van der Waals surface area contributed by atoms with Crippen LogP contribution in [0.15, 0.2) is 48.5 Å². The minimum atomic E-state index is -0.439. The normalized spacial score (nSPS) is 10.1. The minimum Gasteiger partial charge on any atom is -0.446 e. The summed E-state index contributed by atoms with van der Waals surface area (Å²) in [5.74, 6) is -0.439. The zero-order chi connectivity index (χ0) is 13.0. The highest BCUT2D eigenvalue weighted by Crippen LogP contribution is 2.28. The first-order valence-electron chi connectivity index (χ1n) is 5.44. The fourth-order valence-corrected chi connectivity index (χ4v) is 1.91. The van der Waals surface area contributed by atoms with Crippen LogP contribution in [0, 0.1) is 0 Å². The van der Waals surface area contributed by atoms with Gasteiger partial charge in [-0.3, -0.25) is 5.73 Å². The van der Waals surface area contributed by atoms with E-state index in [1.54, 1.807) is 18.2 Å². The summed E-state index contributed by atoms with van der Waals surface area (Å²) in [5.41, 5.74) is 7.38. The maximum absolute atomic E-state index is 11.6. The van der Waals surface area contributed by atoms with Crippen molar-refractivity contribution in [3.63, 3.8) is 0 Å². The Bertz CT molecular complexity index is 569. The molecule has 4 heteroatoms. The lowest BCUT2D eigenvalue weighted by Crippen LogP contribution is -2.12. The van der Waals surface area contributed by atoms with Crippen molar-refractivity contribution in [2.75, 3.05) is 6.73 Å². The molecule has 0 unspecified atom stereocenters. The number of carbonyl (C=O) groups is 1. The van der Waals surface area contributed by atoms with E-state index in [9.17, 15) is 4.79 Å². The first-order valence-corrected chi connectivity index (χ1v) is 5.82. The third kappa shape index (κ3) is 2.70. The summed E-state index contributed by atoms with van der Waals surface area (Å²) in [6, 6.07) is 14.5. The molecule has 2 rings (SSSR count). The highest BCUT2D eigenvalue weighted by atomic mass is 35.5. The highest BCUT2D eigenvalue weighted by Gasteiger charge is 2.09. The van der Waals surface area contributed by atoms with Crippen molar-refractivity contribution in [3.05, 3.63) is 59.1 Å². The molecule has 2 aromatic rings. The van der Waals surface area contributed by atoms with E-state index in [2.05, 4.69) is 0 Å². The number of carbonyl (C=O) groups excluding carboxylic acids is 1. The first kappa shape index (κ1) is 12.6. The Hall–Kier alpha value is -1.84. The standard InChI is InChI=1S/C14H12ClNO2/c15-13-7-2-1-6-12(13)10-4-3-5-11(8-10)14(17)18-9-16/h1-8H,9,16H2. The van der Waals surface area contributed by atoms with Gasteiger partial charge in [-0.1, -0.05) is 41.9 Å². The van der Waals surface area contributed by atoms with Gasteiger partial charge in [0.1, 0.15) is 6.73 Å². The van der Waals surface area contributed by atoms with Crippen molar-refractivity contribution in [3.8, 4) is 11.1 Å². The third-order valence-electron chi connectivity index (χ3n) is 2.50. The molecule has 0 radical (unpaired) electrons. The topological polar surface area (TPSA) is 52.3 Å². The molecule has 0 heterocycles. The Labute approximate surface area is 110 Å². The van der Waals surface area contributed by atoms with Gasteiger partial charge in [0.25, 0.3) is 0 Å². The summed E-state index contributed by atoms with van der Waals surface area (Å²) in [6.07, 6.45) is 0. The molecular formula is C14H12ClNO2. The molecule has 2 N–H and O–H groups in total. The smallest absolute Gasteiger partial charge is 0.339 e. The fraction of sp³-hybridized carbons (Fsp3) is 0.0714. The molecule has 0 spiro atoms. The van der Waals surface area contributed by atoms with E-state index in [0.29, 0.717) is 10.6 Å². The van der Waals surface area contributed by atoms with Gasteiger partial charge in [0.2, 0.25) is 0 Å². The molecule has 0 amide bonds. The largest absolute Gasteiger partial charge is 0.446 e. The average Bonchev–Trinajstić information content (AvgIpc) is 2.40. The Kier molecular flexibility index (Phi) is 3.97. The van der Waals surface area contributed by atoms with Crippen LogP contribution in [0.3, 0.4) is 0 Å². The van der Waals surface area contributed by atoms with Crippen LogP contribution in [-0.2, 0) is 4.74 Å². The lowest BCUT2D eigenvalue weighted by molar-refractivity contribution is 0.0515. The average molecular weight is 262 g/mol. The fourth-order valence-electron chi connectivity index (χ4n) is 1.67. The van der Waals surface area contributed by atoms with E-state index < -0.39 is 5.97 Å². The quantitative estimate of drug-likeness (QED) is 0.682. The van der Waals surface area contributed by atoms with Crippen LogP contribution in [0.4, 0.5) is 0 Å². The molecule has 0 atom stereocenters. The van der Waals surface area contributed by atoms with Crippen molar-refractivity contribution in [1.82, 2.24) is 0 Å². The van der Waals surface area contributed by atoms with Crippen LogP contribution in [0.25, 0.3) is 11.1 Å². The van der Waals surface area contributed by atoms with Crippen LogP contribution < -0.4 is 5.73 Å². The number of nitrogens with two attached hydrogens (primary N) is 1. The van der Waals surface area contributed by atoms with Gasteiger partial charge < -0.3 is 4.74 Å². The van der Waals surface area contributed by atoms with E-state index in [1.807, 2.05) is 30.3 Å². The second kappa shape index (κ2) is 5.67. The van der Waals surface area contributed by atoms with Crippen LogP contribution in [0.2, 0.25) is 5.02 Å². The molecule has 92 valence electrons. The SMILES string of the molecule is NCOC(=O)c1cccc(-c2ccccc2Cl)c1. The summed E-state index contributed by atoms with van der Waals surface area (Å²) >= 11 is 6.12. The van der Waals surface area contributed by atoms with Gasteiger partial charge in [-0.05, 0) is 23.8 Å². The molecule has 0 saturated carbocycles. The van der Waals surface area contributed by atoms with Crippen molar-refractivity contribution in [2.45, 2.75) is 0 Å². The number of rotatable bonds is 3. The molecular weight excluding hydrogens is 250 g/mol. The Morgan fingerprint density at radius 1 is 1.17 bits per heavy atom. The Morgan fingerprint density at radius 2 is 1.94 bits per heavy atom. The van der Waals surface area contributed by atoms with Crippen LogP contribution in [0.5, 0.6) is 0 Å². The second-order valence-electron chi connectivity index (χ2n) is 3.66. The predicted octanol–water partition coefficient (Wildman–Crippen LogP) is 3.08. The van der Waals surface area contributed by atoms with E-state index in [4.69, 9.17) is 22.1 Å². The van der Waals surface area contributed by atoms with E-state index in [-0.39, 0.29) is 6.73 Å². The molecule has 18 heavy (non-hydrogen) atoms. The second-order valence-corrected chi connectivity index (χ2v) is 4.07. The lowest BCUT2D eigenvalue weighted by Gasteiger charge is -2.06. The summed E-state index contributed by atoms with van der Waals surface area (Å²) < 4.78 is 4.75. The molecule has 0 saturated heterocycles. The van der Waals surface area contributed by atoms with Crippen molar-refractivity contribution in [2.24, 2.45) is 5.73 Å². The van der Waals surface area contributed by atoms with Crippen LogP contribution in [0.1, 0.15) is 10.4 Å². The van der Waals surface area contributed by atoms with Gasteiger partial charge >= 0.3 is 5.97 Å². The highest BCUT2D eigenvalue weighted by molar-refractivity contribution is 6.33. The van der Waals surface area contributed by atoms with Gasteiger partial charge in [0.05, 0.1) is 5.56 Å². The summed E-state index contributed by atoms with van der Waals surface area (Å²) in [4.78, 5) is 11.6. The molecule has 2 aromatic carbocycles. The van der Waals surface area contributed by atoms with Gasteiger partial charge in [-0.25, -0.2) is 4.79 Å². The summed E-state index contributed by atoms with van der Waals surface area (Å²) in [5, 5.41) is 0.641. The number of hydrogen-bond donors (Lipinski definition) is 1. The van der Waals surface area contributed by atoms with Crippen LogP contribution in [-0.4, -0.2) is 12.7 Å². The zero-order valence-corrected chi connectivity index (χ0v) is 10.4. The maximum atomic E-state index is 11.6. The number of halogens is 1. The first-order chi connectivity index (χ1) is 8.72. The summed E-state index contributed by atoms with van der Waals surface area (Å²) in [6.45, 7) is -0.130. The molecule has 0 fully saturated rings. The van der Waals surface area contributed by atoms with Crippen molar-refractivity contribution >= 4 is 17.6 Å². The molecule has 0 bridgehead atoms. The van der Waals surface area contributed by atoms with Gasteiger partial charge in [-0.15, -0.1) is 0 Å². The van der Waals surface area contributed by atoms with Crippen molar-refractivity contribution < 1.29 is 9.53 Å². The van der Waals surface area contributed by atoms with E-state index in [0.717, 1.165) is 11.1 Å². The minimum absolute atomic E-state index is 0.130. The molecule has 0 aliphatic carbocycles. The molecule has 0 aliphatic heterocycles. The monoisotopic (exact) mass is 261 g/mol.